The van der Waals surface area contributed by atoms with Crippen LogP contribution in [0.4, 0.5) is 4.39 Å². The van der Waals surface area contributed by atoms with E-state index in [0.29, 0.717) is 29.3 Å². The lowest BCUT2D eigenvalue weighted by atomic mass is 10.1. The second-order valence-corrected chi connectivity index (χ2v) is 9.51. The molecule has 0 unspecified atom stereocenters. The Hall–Kier alpha value is -5.28. The van der Waals surface area contributed by atoms with Crippen LogP contribution in [0.15, 0.2) is 97.6 Å². The number of nitrogens with zero attached hydrogens (tertiary/aromatic N) is 5. The first-order valence-corrected chi connectivity index (χ1v) is 12.9. The molecule has 0 radical (unpaired) electrons. The van der Waals surface area contributed by atoms with E-state index < -0.39 is 0 Å². The number of H-pyrrole nitrogens is 2. The van der Waals surface area contributed by atoms with Crippen molar-refractivity contribution in [2.24, 2.45) is 0 Å². The van der Waals surface area contributed by atoms with Gasteiger partial charge >= 0.3 is 0 Å². The van der Waals surface area contributed by atoms with E-state index in [1.165, 1.54) is 17.7 Å². The Bertz CT molecular complexity index is 1940. The van der Waals surface area contributed by atoms with E-state index in [0.717, 1.165) is 45.3 Å². The molecule has 0 aliphatic carbocycles. The van der Waals surface area contributed by atoms with Crippen molar-refractivity contribution in [1.29, 1.82) is 0 Å². The minimum Gasteiger partial charge on any atom is -0.336 e. The molecule has 0 bridgehead atoms. The summed E-state index contributed by atoms with van der Waals surface area (Å²) in [4.78, 5) is 21.8. The molecule has 0 spiro atoms. The van der Waals surface area contributed by atoms with E-state index >= 15 is 0 Å². The molecule has 3 N–H and O–H groups in total. The van der Waals surface area contributed by atoms with Crippen LogP contribution in [0, 0.1) is 5.82 Å². The van der Waals surface area contributed by atoms with E-state index in [4.69, 9.17) is 4.98 Å². The Kier molecular flexibility index (Phi) is 6.02. The van der Waals surface area contributed by atoms with E-state index in [-0.39, 0.29) is 5.82 Å². The monoisotopic (exact) mass is 526 g/mol. The minimum absolute atomic E-state index is 0.296. The van der Waals surface area contributed by atoms with E-state index in [2.05, 4.69) is 53.6 Å². The molecule has 0 aliphatic heterocycles. The van der Waals surface area contributed by atoms with Crippen LogP contribution in [0.1, 0.15) is 11.1 Å². The van der Waals surface area contributed by atoms with Gasteiger partial charge in [-0.2, -0.15) is 5.10 Å². The van der Waals surface area contributed by atoms with Crippen LogP contribution in [-0.2, 0) is 13.1 Å². The number of hydrogen-bond acceptors (Lipinski definition) is 6. The predicted molar refractivity (Wildman–Crippen MR) is 152 cm³/mol. The molecule has 7 rings (SSSR count). The number of pyridine rings is 3. The molecule has 5 aromatic heterocycles. The SMILES string of the molecule is Fc1ccc(-c2nccc3[nH]c(-c4n[nH]c5cnc(-c6cncc(CNCc7ccccc7)c6)cc45)nc23)cc1. The van der Waals surface area contributed by atoms with Crippen molar-refractivity contribution in [2.75, 3.05) is 0 Å². The summed E-state index contributed by atoms with van der Waals surface area (Å²) < 4.78 is 13.5. The van der Waals surface area contributed by atoms with Crippen LogP contribution in [0.2, 0.25) is 0 Å². The van der Waals surface area contributed by atoms with Crippen LogP contribution < -0.4 is 5.32 Å². The van der Waals surface area contributed by atoms with Crippen molar-refractivity contribution in [2.45, 2.75) is 13.1 Å². The number of aromatic amines is 2. The van der Waals surface area contributed by atoms with Crippen molar-refractivity contribution in [1.82, 2.24) is 40.4 Å². The maximum atomic E-state index is 13.5. The Morgan fingerprint density at radius 1 is 0.750 bits per heavy atom. The van der Waals surface area contributed by atoms with Gasteiger partial charge < -0.3 is 10.3 Å². The highest BCUT2D eigenvalue weighted by atomic mass is 19.1. The van der Waals surface area contributed by atoms with Gasteiger partial charge in [-0.3, -0.25) is 20.1 Å². The lowest BCUT2D eigenvalue weighted by Crippen LogP contribution is -2.12. The van der Waals surface area contributed by atoms with E-state index in [1.807, 2.05) is 42.7 Å². The largest absolute Gasteiger partial charge is 0.336 e. The lowest BCUT2D eigenvalue weighted by molar-refractivity contribution is 0.628. The molecule has 7 aromatic rings. The summed E-state index contributed by atoms with van der Waals surface area (Å²) in [6.07, 6.45) is 7.17. The number of nitrogens with one attached hydrogen (secondary N) is 3. The molecule has 0 fully saturated rings. The zero-order valence-electron chi connectivity index (χ0n) is 21.3. The summed E-state index contributed by atoms with van der Waals surface area (Å²) in [5.41, 5.74) is 8.44. The van der Waals surface area contributed by atoms with Crippen LogP contribution >= 0.6 is 0 Å². The molecule has 40 heavy (non-hydrogen) atoms. The van der Waals surface area contributed by atoms with Crippen molar-refractivity contribution in [3.63, 3.8) is 0 Å². The van der Waals surface area contributed by atoms with E-state index in [9.17, 15) is 4.39 Å². The standard InChI is InChI=1S/C31H23FN8/c32-23-8-6-21(7-9-23)28-30-25(10-11-35-28)37-31(38-30)29-24-13-26(36-18-27(24)39-40-29)22-12-20(16-34-17-22)15-33-14-19-4-2-1-3-5-19/h1-13,16-18,33H,14-15H2,(H,37,38)(H,39,40). The van der Waals surface area contributed by atoms with Gasteiger partial charge in [-0.15, -0.1) is 0 Å². The summed E-state index contributed by atoms with van der Waals surface area (Å²) in [6.45, 7) is 1.47. The van der Waals surface area contributed by atoms with Crippen LogP contribution in [0.3, 0.4) is 0 Å². The Labute approximate surface area is 228 Å². The van der Waals surface area contributed by atoms with Gasteiger partial charge in [-0.1, -0.05) is 30.3 Å². The number of rotatable bonds is 7. The van der Waals surface area contributed by atoms with E-state index in [1.54, 1.807) is 24.5 Å². The average molecular weight is 527 g/mol. The highest BCUT2D eigenvalue weighted by molar-refractivity contribution is 5.96. The van der Waals surface area contributed by atoms with Gasteiger partial charge in [0.25, 0.3) is 0 Å². The Morgan fingerprint density at radius 3 is 2.48 bits per heavy atom. The number of halogens is 1. The first kappa shape index (κ1) is 23.8. The Balaban J connectivity index is 1.20. The smallest absolute Gasteiger partial charge is 0.159 e. The maximum Gasteiger partial charge on any atom is 0.159 e. The topological polar surface area (TPSA) is 108 Å². The second-order valence-electron chi connectivity index (χ2n) is 9.51. The third-order valence-corrected chi connectivity index (χ3v) is 6.78. The highest BCUT2D eigenvalue weighted by Crippen LogP contribution is 2.31. The van der Waals surface area contributed by atoms with Crippen molar-refractivity contribution >= 4 is 21.9 Å². The fourth-order valence-electron chi connectivity index (χ4n) is 4.79. The summed E-state index contributed by atoms with van der Waals surface area (Å²) in [6, 6.07) is 22.5. The number of aromatic nitrogens is 7. The quantitative estimate of drug-likeness (QED) is 0.233. The molecule has 0 aliphatic rings. The molecular weight excluding hydrogens is 503 g/mol. The summed E-state index contributed by atoms with van der Waals surface area (Å²) in [5, 5.41) is 12.0. The minimum atomic E-state index is -0.296. The van der Waals surface area contributed by atoms with Gasteiger partial charge in [0.1, 0.15) is 17.0 Å². The number of hydrogen-bond donors (Lipinski definition) is 3. The second kappa shape index (κ2) is 10.1. The fourth-order valence-corrected chi connectivity index (χ4v) is 4.79. The zero-order chi connectivity index (χ0) is 26.9. The number of imidazole rings is 1. The van der Waals surface area contributed by atoms with Crippen LogP contribution in [0.25, 0.3) is 56.0 Å². The molecule has 8 nitrogen and oxygen atoms in total. The third-order valence-electron chi connectivity index (χ3n) is 6.78. The summed E-state index contributed by atoms with van der Waals surface area (Å²) in [7, 11) is 0. The summed E-state index contributed by atoms with van der Waals surface area (Å²) in [5.74, 6) is 0.307. The van der Waals surface area contributed by atoms with Crippen molar-refractivity contribution in [3.8, 4) is 34.0 Å². The van der Waals surface area contributed by atoms with Gasteiger partial charge in [0.2, 0.25) is 0 Å². The fraction of sp³-hybridized carbons (Fsp3) is 0.0645. The lowest BCUT2D eigenvalue weighted by Gasteiger charge is -2.07. The first-order chi connectivity index (χ1) is 19.7. The molecule has 194 valence electrons. The van der Waals surface area contributed by atoms with Gasteiger partial charge in [0, 0.05) is 48.2 Å². The predicted octanol–water partition coefficient (Wildman–Crippen LogP) is 6.05. The average Bonchev–Trinajstić information content (AvgIpc) is 3.62. The first-order valence-electron chi connectivity index (χ1n) is 12.9. The molecule has 0 amide bonds. The molecule has 5 heterocycles. The molecule has 0 saturated carbocycles. The van der Waals surface area contributed by atoms with Crippen molar-refractivity contribution in [3.05, 3.63) is 115 Å². The molecule has 2 aromatic carbocycles. The number of benzene rings is 2. The third kappa shape index (κ3) is 4.59. The maximum absolute atomic E-state index is 13.5. The molecular formula is C31H23FN8. The van der Waals surface area contributed by atoms with Gasteiger partial charge in [-0.25, -0.2) is 9.37 Å². The van der Waals surface area contributed by atoms with Crippen LogP contribution in [-0.4, -0.2) is 35.1 Å². The highest BCUT2D eigenvalue weighted by Gasteiger charge is 2.17. The van der Waals surface area contributed by atoms with Gasteiger partial charge in [0.05, 0.1) is 28.6 Å². The van der Waals surface area contributed by atoms with Gasteiger partial charge in [-0.05, 0) is 53.6 Å². The van der Waals surface area contributed by atoms with Crippen molar-refractivity contribution < 1.29 is 4.39 Å². The number of fused-ring (bicyclic) bond motifs is 2. The normalized spacial score (nSPS) is 11.4. The summed E-state index contributed by atoms with van der Waals surface area (Å²) >= 11 is 0. The van der Waals surface area contributed by atoms with Gasteiger partial charge in [0.15, 0.2) is 5.82 Å². The molecule has 0 saturated heterocycles. The molecule has 0 atom stereocenters. The Morgan fingerprint density at radius 2 is 1.60 bits per heavy atom. The molecule has 9 heteroatoms. The zero-order valence-corrected chi connectivity index (χ0v) is 21.3. The van der Waals surface area contributed by atoms with Crippen LogP contribution in [0.5, 0.6) is 0 Å².